The summed E-state index contributed by atoms with van der Waals surface area (Å²) in [6, 6.07) is 10.0. The Hall–Kier alpha value is -2.08. The Bertz CT molecular complexity index is 735. The van der Waals surface area contributed by atoms with Crippen molar-refractivity contribution in [3.8, 4) is 11.5 Å². The molecular weight excluding hydrogens is 353 g/mol. The molecule has 0 radical (unpaired) electrons. The molecule has 4 nitrogen and oxygen atoms in total. The number of rotatable bonds is 2. The molecule has 3 rings (SSSR count). The van der Waals surface area contributed by atoms with Crippen LogP contribution < -0.4 is 14.4 Å². The van der Waals surface area contributed by atoms with Crippen LogP contribution in [0.2, 0.25) is 0 Å². The second-order valence-electron chi connectivity index (χ2n) is 4.84. The average molecular weight is 366 g/mol. The molecule has 0 bridgehead atoms. The number of nitrogens with zero attached hydrogens (tertiary/aromatic N) is 1. The van der Waals surface area contributed by atoms with E-state index in [1.165, 1.54) is 24.1 Å². The zero-order valence-electron chi connectivity index (χ0n) is 11.8. The van der Waals surface area contributed by atoms with Gasteiger partial charge in [-0.15, -0.1) is 0 Å². The number of benzene rings is 2. The van der Waals surface area contributed by atoms with E-state index in [4.69, 9.17) is 9.47 Å². The van der Waals surface area contributed by atoms with Crippen LogP contribution in [0.3, 0.4) is 0 Å². The van der Waals surface area contributed by atoms with Gasteiger partial charge in [-0.1, -0.05) is 15.9 Å². The number of ether oxygens (including phenoxy) is 2. The van der Waals surface area contributed by atoms with Gasteiger partial charge in [0.2, 0.25) is 0 Å². The molecule has 0 aromatic heterocycles. The Labute approximate surface area is 135 Å². The van der Waals surface area contributed by atoms with E-state index in [9.17, 15) is 9.18 Å². The summed E-state index contributed by atoms with van der Waals surface area (Å²) in [5.74, 6) is 0.0720. The summed E-state index contributed by atoms with van der Waals surface area (Å²) in [6.07, 6.45) is 0. The van der Waals surface area contributed by atoms with E-state index in [2.05, 4.69) is 15.9 Å². The summed E-state index contributed by atoms with van der Waals surface area (Å²) in [7, 11) is 1.40. The standard InChI is InChI=1S/C16H13BrFNO3/c1-21-15-5-3-12(7-13(15)18)19-8-10-6-11(17)2-4-14(10)22-9-16(19)20/h2-7H,8-9H2,1H3. The van der Waals surface area contributed by atoms with Gasteiger partial charge in [0.05, 0.1) is 13.7 Å². The molecule has 1 aliphatic heterocycles. The number of carbonyl (C=O) groups excluding carboxylic acids is 1. The fourth-order valence-electron chi connectivity index (χ4n) is 2.35. The molecule has 0 saturated heterocycles. The van der Waals surface area contributed by atoms with Crippen molar-refractivity contribution >= 4 is 27.5 Å². The molecule has 1 amide bonds. The van der Waals surface area contributed by atoms with Crippen molar-refractivity contribution in [2.45, 2.75) is 6.54 Å². The third-order valence-corrected chi connectivity index (χ3v) is 3.94. The van der Waals surface area contributed by atoms with Crippen molar-refractivity contribution < 1.29 is 18.7 Å². The predicted molar refractivity (Wildman–Crippen MR) is 83.8 cm³/mol. The first kappa shape index (κ1) is 14.8. The molecule has 2 aromatic carbocycles. The van der Waals surface area contributed by atoms with E-state index in [1.54, 1.807) is 6.07 Å². The van der Waals surface area contributed by atoms with Crippen LogP contribution in [-0.4, -0.2) is 19.6 Å². The van der Waals surface area contributed by atoms with Crippen LogP contribution in [0.15, 0.2) is 40.9 Å². The molecule has 0 unspecified atom stereocenters. The molecule has 0 atom stereocenters. The van der Waals surface area contributed by atoms with Gasteiger partial charge in [0.1, 0.15) is 5.75 Å². The normalized spacial score (nSPS) is 14.1. The van der Waals surface area contributed by atoms with Gasteiger partial charge in [0.25, 0.3) is 5.91 Å². The van der Waals surface area contributed by atoms with Crippen LogP contribution in [0.4, 0.5) is 10.1 Å². The number of halogens is 2. The summed E-state index contributed by atoms with van der Waals surface area (Å²) < 4.78 is 25.2. The molecule has 0 aliphatic carbocycles. The fraction of sp³-hybridized carbons (Fsp3) is 0.188. The van der Waals surface area contributed by atoms with Gasteiger partial charge >= 0.3 is 0 Å². The van der Waals surface area contributed by atoms with Gasteiger partial charge in [-0.05, 0) is 30.3 Å². The predicted octanol–water partition coefficient (Wildman–Crippen LogP) is 3.52. The smallest absolute Gasteiger partial charge is 0.265 e. The maximum atomic E-state index is 13.9. The molecule has 0 spiro atoms. The summed E-state index contributed by atoms with van der Waals surface area (Å²) in [4.78, 5) is 13.8. The highest BCUT2D eigenvalue weighted by Crippen LogP contribution is 2.31. The quantitative estimate of drug-likeness (QED) is 0.817. The lowest BCUT2D eigenvalue weighted by Gasteiger charge is -2.20. The summed E-state index contributed by atoms with van der Waals surface area (Å²) in [6.45, 7) is 0.238. The van der Waals surface area contributed by atoms with Gasteiger partial charge < -0.3 is 14.4 Å². The van der Waals surface area contributed by atoms with Crippen LogP contribution >= 0.6 is 15.9 Å². The third kappa shape index (κ3) is 2.78. The van der Waals surface area contributed by atoms with Crippen LogP contribution in [0.1, 0.15) is 5.56 Å². The fourth-order valence-corrected chi connectivity index (χ4v) is 2.76. The highest BCUT2D eigenvalue weighted by Gasteiger charge is 2.23. The van der Waals surface area contributed by atoms with Crippen molar-refractivity contribution in [1.29, 1.82) is 0 Å². The highest BCUT2D eigenvalue weighted by molar-refractivity contribution is 9.10. The first-order chi connectivity index (χ1) is 10.6. The van der Waals surface area contributed by atoms with Crippen molar-refractivity contribution in [3.05, 3.63) is 52.3 Å². The average Bonchev–Trinajstić information content (AvgIpc) is 2.66. The Kier molecular flexibility index (Phi) is 4.02. The monoisotopic (exact) mass is 365 g/mol. The van der Waals surface area contributed by atoms with E-state index >= 15 is 0 Å². The molecule has 6 heteroatoms. The van der Waals surface area contributed by atoms with Gasteiger partial charge in [0, 0.05) is 21.8 Å². The van der Waals surface area contributed by atoms with Crippen LogP contribution in [0, 0.1) is 5.82 Å². The first-order valence-electron chi connectivity index (χ1n) is 6.63. The SMILES string of the molecule is COc1ccc(N2Cc3cc(Br)ccc3OCC2=O)cc1F. The molecule has 2 aromatic rings. The topological polar surface area (TPSA) is 38.8 Å². The number of fused-ring (bicyclic) bond motifs is 1. The Morgan fingerprint density at radius 2 is 2.09 bits per heavy atom. The van der Waals surface area contributed by atoms with Gasteiger partial charge in [0.15, 0.2) is 18.2 Å². The van der Waals surface area contributed by atoms with E-state index in [-0.39, 0.29) is 18.3 Å². The lowest BCUT2D eigenvalue weighted by molar-refractivity contribution is -0.120. The number of methoxy groups -OCH3 is 1. The summed E-state index contributed by atoms with van der Waals surface area (Å²) in [5.41, 5.74) is 1.33. The van der Waals surface area contributed by atoms with E-state index in [1.807, 2.05) is 18.2 Å². The minimum atomic E-state index is -0.507. The second kappa shape index (κ2) is 5.96. The first-order valence-corrected chi connectivity index (χ1v) is 7.43. The maximum absolute atomic E-state index is 13.9. The molecule has 22 heavy (non-hydrogen) atoms. The molecule has 1 aliphatic rings. The largest absolute Gasteiger partial charge is 0.494 e. The number of hydrogen-bond donors (Lipinski definition) is 0. The van der Waals surface area contributed by atoms with Gasteiger partial charge in [-0.2, -0.15) is 0 Å². The van der Waals surface area contributed by atoms with Crippen molar-refractivity contribution in [1.82, 2.24) is 0 Å². The van der Waals surface area contributed by atoms with Crippen LogP contribution in [-0.2, 0) is 11.3 Å². The van der Waals surface area contributed by atoms with Crippen LogP contribution in [0.25, 0.3) is 0 Å². The highest BCUT2D eigenvalue weighted by atomic mass is 79.9. The lowest BCUT2D eigenvalue weighted by atomic mass is 10.1. The van der Waals surface area contributed by atoms with Gasteiger partial charge in [-0.25, -0.2) is 4.39 Å². The molecule has 0 N–H and O–H groups in total. The number of anilines is 1. The Balaban J connectivity index is 1.98. The third-order valence-electron chi connectivity index (χ3n) is 3.45. The van der Waals surface area contributed by atoms with E-state index in [0.29, 0.717) is 18.0 Å². The van der Waals surface area contributed by atoms with Crippen molar-refractivity contribution in [2.24, 2.45) is 0 Å². The second-order valence-corrected chi connectivity index (χ2v) is 5.76. The molecule has 0 fully saturated rings. The Morgan fingerprint density at radius 1 is 1.27 bits per heavy atom. The molecular formula is C16H13BrFNO3. The minimum Gasteiger partial charge on any atom is -0.494 e. The maximum Gasteiger partial charge on any atom is 0.265 e. The summed E-state index contributed by atoms with van der Waals surface area (Å²) >= 11 is 3.40. The zero-order valence-corrected chi connectivity index (χ0v) is 13.4. The molecule has 1 heterocycles. The minimum absolute atomic E-state index is 0.0811. The number of amides is 1. The van der Waals surface area contributed by atoms with Crippen molar-refractivity contribution in [3.63, 3.8) is 0 Å². The Morgan fingerprint density at radius 3 is 2.82 bits per heavy atom. The molecule has 0 saturated carbocycles. The van der Waals surface area contributed by atoms with E-state index < -0.39 is 5.82 Å². The summed E-state index contributed by atoms with van der Waals surface area (Å²) in [5, 5.41) is 0. The van der Waals surface area contributed by atoms with Crippen molar-refractivity contribution in [2.75, 3.05) is 18.6 Å². The van der Waals surface area contributed by atoms with E-state index in [0.717, 1.165) is 10.0 Å². The van der Waals surface area contributed by atoms with Crippen LogP contribution in [0.5, 0.6) is 11.5 Å². The zero-order chi connectivity index (χ0) is 15.7. The molecule has 114 valence electrons. The number of carbonyl (C=O) groups is 1. The lowest BCUT2D eigenvalue weighted by Crippen LogP contribution is -2.32. The van der Waals surface area contributed by atoms with Gasteiger partial charge in [-0.3, -0.25) is 4.79 Å². The number of hydrogen-bond acceptors (Lipinski definition) is 3.